The molecule has 3 N–H and O–H groups in total. The number of halogens is 1. The average Bonchev–Trinajstić information content (AvgIpc) is 3.25. The van der Waals surface area contributed by atoms with E-state index in [1.54, 1.807) is 0 Å². The van der Waals surface area contributed by atoms with Crippen molar-refractivity contribution in [2.24, 2.45) is 11.8 Å². The van der Waals surface area contributed by atoms with E-state index in [0.717, 1.165) is 37.7 Å². The first kappa shape index (κ1) is 24.1. The zero-order chi connectivity index (χ0) is 23.2. The van der Waals surface area contributed by atoms with Crippen LogP contribution in [0.1, 0.15) is 55.2 Å². The summed E-state index contributed by atoms with van der Waals surface area (Å²) < 4.78 is 0. The summed E-state index contributed by atoms with van der Waals surface area (Å²) >= 11 is 0. The van der Waals surface area contributed by atoms with Gasteiger partial charge in [-0.15, -0.1) is 12.4 Å². The molecule has 3 amide bonds. The molecule has 2 unspecified atom stereocenters. The third-order valence-corrected chi connectivity index (χ3v) is 8.54. The number of nitrogens with zero attached hydrogens (tertiary/aromatic N) is 1. The van der Waals surface area contributed by atoms with Gasteiger partial charge in [0.05, 0.1) is 6.54 Å². The van der Waals surface area contributed by atoms with Crippen molar-refractivity contribution in [1.82, 2.24) is 20.9 Å². The molecule has 0 radical (unpaired) electrons. The Kier molecular flexibility index (Phi) is 6.53. The number of amides is 3. The van der Waals surface area contributed by atoms with Crippen LogP contribution in [0.15, 0.2) is 54.6 Å². The monoisotopic (exact) mass is 494 g/mol. The summed E-state index contributed by atoms with van der Waals surface area (Å²) in [4.78, 5) is 27.9. The maximum absolute atomic E-state index is 13.1. The Bertz CT molecular complexity index is 1050. The van der Waals surface area contributed by atoms with E-state index >= 15 is 0 Å². The topological polar surface area (TPSA) is 73.5 Å². The Morgan fingerprint density at radius 3 is 2.11 bits per heavy atom. The van der Waals surface area contributed by atoms with Crippen LogP contribution in [0, 0.1) is 11.8 Å². The molecule has 4 aliphatic carbocycles. The van der Waals surface area contributed by atoms with Gasteiger partial charge in [0.15, 0.2) is 0 Å². The Morgan fingerprint density at radius 2 is 1.46 bits per heavy atom. The fourth-order valence-electron chi connectivity index (χ4n) is 7.56. The zero-order valence-electron chi connectivity index (χ0n) is 20.1. The average molecular weight is 495 g/mol. The number of hydrogen-bond acceptors (Lipinski definition) is 3. The highest BCUT2D eigenvalue weighted by Crippen LogP contribution is 2.57. The molecule has 4 fully saturated rings. The van der Waals surface area contributed by atoms with Gasteiger partial charge in [0, 0.05) is 30.7 Å². The van der Waals surface area contributed by atoms with Crippen molar-refractivity contribution in [1.29, 1.82) is 0 Å². The highest BCUT2D eigenvalue weighted by molar-refractivity contribution is 5.85. The van der Waals surface area contributed by atoms with Crippen molar-refractivity contribution in [2.75, 3.05) is 6.54 Å². The smallest absolute Gasteiger partial charge is 0.315 e. The first-order chi connectivity index (χ1) is 16.5. The van der Waals surface area contributed by atoms with Gasteiger partial charge in [-0.25, -0.2) is 4.79 Å². The lowest BCUT2D eigenvalue weighted by Gasteiger charge is -2.62. The minimum Gasteiger partial charge on any atom is -0.334 e. The quantitative estimate of drug-likeness (QED) is 0.565. The highest BCUT2D eigenvalue weighted by atomic mass is 35.5. The Morgan fingerprint density at radius 1 is 0.857 bits per heavy atom. The predicted molar refractivity (Wildman–Crippen MR) is 138 cm³/mol. The van der Waals surface area contributed by atoms with Crippen LogP contribution in [0.4, 0.5) is 4.79 Å². The summed E-state index contributed by atoms with van der Waals surface area (Å²) in [5.74, 6) is 1.41. The van der Waals surface area contributed by atoms with Crippen LogP contribution in [0.25, 0.3) is 0 Å². The van der Waals surface area contributed by atoms with Crippen molar-refractivity contribution in [3.63, 3.8) is 0 Å². The van der Waals surface area contributed by atoms with Crippen LogP contribution in [-0.2, 0) is 24.4 Å². The lowest BCUT2D eigenvalue weighted by molar-refractivity contribution is -0.132. The number of carbonyl (C=O) groups is 2. The normalized spacial score (nSPS) is 29.9. The van der Waals surface area contributed by atoms with E-state index in [-0.39, 0.29) is 35.4 Å². The third-order valence-electron chi connectivity index (χ3n) is 8.54. The van der Waals surface area contributed by atoms with E-state index in [4.69, 9.17) is 0 Å². The summed E-state index contributed by atoms with van der Waals surface area (Å²) in [5, 5.41) is 10.2. The second kappa shape index (κ2) is 9.47. The Balaban J connectivity index is 0.00000253. The van der Waals surface area contributed by atoms with Crippen molar-refractivity contribution in [3.05, 3.63) is 71.3 Å². The predicted octanol–water partition coefficient (Wildman–Crippen LogP) is 4.13. The molecule has 4 saturated carbocycles. The van der Waals surface area contributed by atoms with Crippen LogP contribution in [0.5, 0.6) is 0 Å². The number of urea groups is 1. The second-order valence-electron chi connectivity index (χ2n) is 11.2. The standard InChI is InChI=1S/C28H34N4O2.ClH/c33-25(32-17-23-8-4-5-9-24(23)18-32)16-30-27-11-21-10-22(12-27)14-28(13-21,19-27)31-26(34)29-15-20-6-2-1-3-7-20;/h1-9,21-22,30H,10-19H2,(H2,29,31,34);1H. The SMILES string of the molecule is Cl.O=C(NCc1ccccc1)NC12CC3CC(CC(NCC(=O)N4Cc5ccccc5C4)(C3)C1)C2. The molecule has 0 aromatic heterocycles. The molecule has 5 aliphatic rings. The molecule has 186 valence electrons. The molecule has 2 atom stereocenters. The summed E-state index contributed by atoms with van der Waals surface area (Å²) in [5.41, 5.74) is 3.42. The van der Waals surface area contributed by atoms with Gasteiger partial charge in [-0.05, 0) is 67.1 Å². The molecule has 7 heteroatoms. The number of rotatable bonds is 6. The van der Waals surface area contributed by atoms with Crippen molar-refractivity contribution < 1.29 is 9.59 Å². The van der Waals surface area contributed by atoms with Gasteiger partial charge < -0.3 is 20.9 Å². The Hall–Kier alpha value is -2.57. The zero-order valence-corrected chi connectivity index (χ0v) is 20.9. The van der Waals surface area contributed by atoms with Gasteiger partial charge in [-0.2, -0.15) is 0 Å². The molecule has 0 spiro atoms. The Labute approximate surface area is 213 Å². The summed E-state index contributed by atoms with van der Waals surface area (Å²) in [6.45, 7) is 2.33. The first-order valence-corrected chi connectivity index (χ1v) is 12.7. The second-order valence-corrected chi connectivity index (χ2v) is 11.2. The van der Waals surface area contributed by atoms with Crippen LogP contribution in [-0.4, -0.2) is 34.5 Å². The van der Waals surface area contributed by atoms with Crippen LogP contribution in [0.2, 0.25) is 0 Å². The summed E-state index contributed by atoms with van der Waals surface area (Å²) in [6, 6.07) is 18.3. The van der Waals surface area contributed by atoms with Gasteiger partial charge in [-0.1, -0.05) is 54.6 Å². The van der Waals surface area contributed by atoms with E-state index < -0.39 is 0 Å². The van der Waals surface area contributed by atoms with Crippen LogP contribution >= 0.6 is 12.4 Å². The fourth-order valence-corrected chi connectivity index (χ4v) is 7.56. The number of hydrogen-bond donors (Lipinski definition) is 3. The summed E-state index contributed by atoms with van der Waals surface area (Å²) in [6.07, 6.45) is 6.52. The molecule has 0 saturated heterocycles. The molecule has 1 heterocycles. The molecular weight excluding hydrogens is 460 g/mol. The van der Waals surface area contributed by atoms with Gasteiger partial charge in [-0.3, -0.25) is 4.79 Å². The lowest BCUT2D eigenvalue weighted by atomic mass is 9.50. The number of fused-ring (bicyclic) bond motifs is 1. The number of benzene rings is 2. The highest BCUT2D eigenvalue weighted by Gasteiger charge is 2.58. The largest absolute Gasteiger partial charge is 0.334 e. The van der Waals surface area contributed by atoms with Crippen molar-refractivity contribution in [2.45, 2.75) is 69.2 Å². The molecule has 6 nitrogen and oxygen atoms in total. The van der Waals surface area contributed by atoms with Gasteiger partial charge in [0.2, 0.25) is 5.91 Å². The lowest BCUT2D eigenvalue weighted by Crippen LogP contribution is -2.70. The molecular formula is C28H35ClN4O2. The maximum Gasteiger partial charge on any atom is 0.315 e. The third kappa shape index (κ3) is 4.91. The van der Waals surface area contributed by atoms with E-state index in [9.17, 15) is 9.59 Å². The van der Waals surface area contributed by atoms with E-state index in [0.29, 0.717) is 38.0 Å². The maximum atomic E-state index is 13.1. The molecule has 35 heavy (non-hydrogen) atoms. The summed E-state index contributed by atoms with van der Waals surface area (Å²) in [7, 11) is 0. The minimum absolute atomic E-state index is 0. The van der Waals surface area contributed by atoms with Crippen LogP contribution < -0.4 is 16.0 Å². The van der Waals surface area contributed by atoms with Crippen LogP contribution in [0.3, 0.4) is 0 Å². The molecule has 2 aromatic rings. The molecule has 2 aromatic carbocycles. The van der Waals surface area contributed by atoms with Crippen molar-refractivity contribution >= 4 is 24.3 Å². The molecule has 4 bridgehead atoms. The van der Waals surface area contributed by atoms with E-state index in [1.807, 2.05) is 47.4 Å². The number of nitrogens with one attached hydrogen (secondary N) is 3. The van der Waals surface area contributed by atoms with E-state index in [2.05, 4.69) is 28.1 Å². The minimum atomic E-state index is -0.162. The molecule has 1 aliphatic heterocycles. The van der Waals surface area contributed by atoms with Crippen molar-refractivity contribution in [3.8, 4) is 0 Å². The van der Waals surface area contributed by atoms with Gasteiger partial charge in [0.25, 0.3) is 0 Å². The van der Waals surface area contributed by atoms with Gasteiger partial charge >= 0.3 is 6.03 Å². The van der Waals surface area contributed by atoms with Gasteiger partial charge in [0.1, 0.15) is 0 Å². The molecule has 7 rings (SSSR count). The number of carbonyl (C=O) groups excluding carboxylic acids is 2. The first-order valence-electron chi connectivity index (χ1n) is 12.7. The fraction of sp³-hybridized carbons (Fsp3) is 0.500. The van der Waals surface area contributed by atoms with E-state index in [1.165, 1.54) is 17.5 Å².